The van der Waals surface area contributed by atoms with E-state index >= 15 is 0 Å². The average Bonchev–Trinajstić information content (AvgIpc) is 3.02. The van der Waals surface area contributed by atoms with Crippen LogP contribution >= 0.6 is 0 Å². The summed E-state index contributed by atoms with van der Waals surface area (Å²) in [5.41, 5.74) is 0.0905. The second-order valence-electron chi connectivity index (χ2n) is 5.68. The van der Waals surface area contributed by atoms with E-state index in [-0.39, 0.29) is 11.1 Å². The number of H-pyrrole nitrogens is 1. The average molecular weight is 233 g/mol. The van der Waals surface area contributed by atoms with Gasteiger partial charge in [0, 0.05) is 17.5 Å². The smallest absolute Gasteiger partial charge is 0.252 e. The van der Waals surface area contributed by atoms with Gasteiger partial charge in [-0.2, -0.15) is 0 Å². The summed E-state index contributed by atoms with van der Waals surface area (Å²) < 4.78 is 0. The third-order valence-corrected chi connectivity index (χ3v) is 3.86. The molecule has 0 spiro atoms. The second kappa shape index (κ2) is 3.86. The molecule has 0 atom stereocenters. The minimum atomic E-state index is -0.0361. The summed E-state index contributed by atoms with van der Waals surface area (Å²) in [6, 6.07) is 1.58. The number of aromatic amines is 1. The molecule has 0 aliphatic heterocycles. The Hall–Kier alpha value is -1.32. The van der Waals surface area contributed by atoms with Crippen molar-refractivity contribution in [2.45, 2.75) is 56.9 Å². The molecule has 0 aromatic carbocycles. The van der Waals surface area contributed by atoms with Crippen LogP contribution in [0.5, 0.6) is 0 Å². The number of nitrogens with one attached hydrogen (secondary N) is 2. The van der Waals surface area contributed by atoms with Gasteiger partial charge in [-0.3, -0.25) is 4.79 Å². The Labute approximate surface area is 101 Å². The van der Waals surface area contributed by atoms with E-state index in [1.54, 1.807) is 6.07 Å². The van der Waals surface area contributed by atoms with Gasteiger partial charge in [-0.05, 0) is 32.6 Å². The van der Waals surface area contributed by atoms with Gasteiger partial charge in [-0.15, -0.1) is 0 Å². The summed E-state index contributed by atoms with van der Waals surface area (Å²) >= 11 is 0. The minimum absolute atomic E-state index is 0.0361. The van der Waals surface area contributed by atoms with Crippen LogP contribution in [0.1, 0.15) is 57.2 Å². The van der Waals surface area contributed by atoms with Gasteiger partial charge < -0.3 is 10.3 Å². The quantitative estimate of drug-likeness (QED) is 0.842. The van der Waals surface area contributed by atoms with Crippen molar-refractivity contribution in [3.05, 3.63) is 22.2 Å². The third kappa shape index (κ3) is 2.35. The number of aromatic nitrogens is 2. The fourth-order valence-electron chi connectivity index (χ4n) is 2.68. The molecule has 4 nitrogen and oxygen atoms in total. The largest absolute Gasteiger partial charge is 0.365 e. The van der Waals surface area contributed by atoms with E-state index < -0.39 is 0 Å². The highest BCUT2D eigenvalue weighted by Gasteiger charge is 2.30. The van der Waals surface area contributed by atoms with Crippen LogP contribution in [0.25, 0.3) is 0 Å². The molecular weight excluding hydrogens is 214 g/mol. The van der Waals surface area contributed by atoms with E-state index in [1.165, 1.54) is 25.7 Å². The first-order valence-corrected chi connectivity index (χ1v) is 6.54. The van der Waals surface area contributed by atoms with Crippen molar-refractivity contribution >= 4 is 5.82 Å². The molecule has 2 fully saturated rings. The van der Waals surface area contributed by atoms with Gasteiger partial charge >= 0.3 is 0 Å². The highest BCUT2D eigenvalue weighted by Crippen LogP contribution is 2.38. The Morgan fingerprint density at radius 3 is 2.76 bits per heavy atom. The number of hydrogen-bond acceptors (Lipinski definition) is 3. The van der Waals surface area contributed by atoms with Crippen LogP contribution in [-0.4, -0.2) is 15.5 Å². The minimum Gasteiger partial charge on any atom is -0.365 e. The predicted octanol–water partition coefficient (Wildman–Crippen LogP) is 2.39. The molecule has 2 aliphatic rings. The monoisotopic (exact) mass is 233 g/mol. The summed E-state index contributed by atoms with van der Waals surface area (Å²) in [7, 11) is 0. The van der Waals surface area contributed by atoms with Crippen LogP contribution in [-0.2, 0) is 0 Å². The van der Waals surface area contributed by atoms with E-state index in [0.717, 1.165) is 24.5 Å². The van der Waals surface area contributed by atoms with Crippen molar-refractivity contribution in [2.24, 2.45) is 0 Å². The lowest BCUT2D eigenvalue weighted by atomic mass is 10.0. The van der Waals surface area contributed by atoms with E-state index in [1.807, 2.05) is 0 Å². The van der Waals surface area contributed by atoms with Gasteiger partial charge in [0.2, 0.25) is 0 Å². The van der Waals surface area contributed by atoms with E-state index in [4.69, 9.17) is 0 Å². The first-order chi connectivity index (χ1) is 8.15. The van der Waals surface area contributed by atoms with Crippen molar-refractivity contribution < 1.29 is 0 Å². The maximum absolute atomic E-state index is 11.6. The van der Waals surface area contributed by atoms with Gasteiger partial charge in [0.25, 0.3) is 5.56 Å². The zero-order chi connectivity index (χ0) is 11.9. The molecule has 2 N–H and O–H groups in total. The Balaban J connectivity index is 1.84. The van der Waals surface area contributed by atoms with Crippen molar-refractivity contribution in [2.75, 3.05) is 5.32 Å². The topological polar surface area (TPSA) is 57.8 Å². The van der Waals surface area contributed by atoms with Crippen LogP contribution in [0, 0.1) is 0 Å². The molecule has 0 unspecified atom stereocenters. The predicted molar refractivity (Wildman–Crippen MR) is 67.3 cm³/mol. The van der Waals surface area contributed by atoms with Crippen LogP contribution in [0.2, 0.25) is 0 Å². The lowest BCUT2D eigenvalue weighted by Gasteiger charge is -2.25. The lowest BCUT2D eigenvalue weighted by Crippen LogP contribution is -2.32. The van der Waals surface area contributed by atoms with E-state index in [2.05, 4.69) is 22.2 Å². The molecule has 1 heterocycles. The fourth-order valence-corrected chi connectivity index (χ4v) is 2.68. The number of anilines is 1. The maximum atomic E-state index is 11.6. The van der Waals surface area contributed by atoms with Crippen LogP contribution in [0.4, 0.5) is 5.82 Å². The van der Waals surface area contributed by atoms with Crippen molar-refractivity contribution in [1.82, 2.24) is 9.97 Å². The molecule has 1 aromatic heterocycles. The molecule has 0 saturated heterocycles. The van der Waals surface area contributed by atoms with Crippen LogP contribution < -0.4 is 10.9 Å². The standard InChI is InChI=1S/C13H19N3O/c1-13(6-2-3-7-13)16-10-8-11(17)15-12(14-10)9-4-5-9/h8-9H,2-7H2,1H3,(H2,14,15,16,17). The summed E-state index contributed by atoms with van der Waals surface area (Å²) in [6.45, 7) is 2.22. The van der Waals surface area contributed by atoms with Gasteiger partial charge in [0.1, 0.15) is 11.6 Å². The van der Waals surface area contributed by atoms with E-state index in [0.29, 0.717) is 5.92 Å². The third-order valence-electron chi connectivity index (χ3n) is 3.86. The van der Waals surface area contributed by atoms with Gasteiger partial charge in [-0.25, -0.2) is 4.98 Å². The molecule has 1 aromatic rings. The Morgan fingerprint density at radius 1 is 1.41 bits per heavy atom. The summed E-state index contributed by atoms with van der Waals surface area (Å²) in [4.78, 5) is 19.0. The van der Waals surface area contributed by atoms with Crippen molar-refractivity contribution in [3.63, 3.8) is 0 Å². The first-order valence-electron chi connectivity index (χ1n) is 6.54. The lowest BCUT2D eigenvalue weighted by molar-refractivity contribution is 0.530. The fraction of sp³-hybridized carbons (Fsp3) is 0.692. The maximum Gasteiger partial charge on any atom is 0.252 e. The van der Waals surface area contributed by atoms with Gasteiger partial charge in [0.15, 0.2) is 0 Å². The summed E-state index contributed by atoms with van der Waals surface area (Å²) in [5.74, 6) is 2.10. The highest BCUT2D eigenvalue weighted by atomic mass is 16.1. The SMILES string of the molecule is CC1(Nc2cc(=O)[nH]c(C3CC3)n2)CCCC1. The molecule has 4 heteroatoms. The van der Waals surface area contributed by atoms with Crippen LogP contribution in [0.3, 0.4) is 0 Å². The molecule has 17 heavy (non-hydrogen) atoms. The molecule has 3 rings (SSSR count). The Morgan fingerprint density at radius 2 is 2.12 bits per heavy atom. The molecule has 2 aliphatic carbocycles. The van der Waals surface area contributed by atoms with E-state index in [9.17, 15) is 4.79 Å². The zero-order valence-corrected chi connectivity index (χ0v) is 10.3. The highest BCUT2D eigenvalue weighted by molar-refractivity contribution is 5.37. The molecule has 2 saturated carbocycles. The molecule has 0 radical (unpaired) electrons. The molecular formula is C13H19N3O. The zero-order valence-electron chi connectivity index (χ0n) is 10.3. The Bertz CT molecular complexity index is 470. The number of nitrogens with zero attached hydrogens (tertiary/aromatic N) is 1. The van der Waals surface area contributed by atoms with Crippen molar-refractivity contribution in [3.8, 4) is 0 Å². The molecule has 92 valence electrons. The number of hydrogen-bond donors (Lipinski definition) is 2. The van der Waals surface area contributed by atoms with Gasteiger partial charge in [0.05, 0.1) is 0 Å². The van der Waals surface area contributed by atoms with Crippen molar-refractivity contribution in [1.29, 1.82) is 0 Å². The summed E-state index contributed by atoms with van der Waals surface area (Å²) in [6.07, 6.45) is 7.18. The van der Waals surface area contributed by atoms with Crippen LogP contribution in [0.15, 0.2) is 10.9 Å². The molecule has 0 amide bonds. The normalized spacial score (nSPS) is 22.6. The molecule has 0 bridgehead atoms. The first kappa shape index (κ1) is 10.8. The van der Waals surface area contributed by atoms with Gasteiger partial charge in [-0.1, -0.05) is 12.8 Å². The Kier molecular flexibility index (Phi) is 2.45. The second-order valence-corrected chi connectivity index (χ2v) is 5.68. The number of rotatable bonds is 3. The summed E-state index contributed by atoms with van der Waals surface area (Å²) in [5, 5.41) is 3.45.